The molecule has 1 fully saturated rings. The molecular weight excluding hydrogens is 350 g/mol. The Kier molecular flexibility index (Phi) is 5.19. The molecule has 6 nitrogen and oxygen atoms in total. The highest BCUT2D eigenvalue weighted by molar-refractivity contribution is 5.94. The summed E-state index contributed by atoms with van der Waals surface area (Å²) in [6, 6.07) is 17.6. The predicted molar refractivity (Wildman–Crippen MR) is 113 cm³/mol. The maximum Gasteiger partial charge on any atom is 0.159 e. The van der Waals surface area contributed by atoms with Gasteiger partial charge in [-0.2, -0.15) is 0 Å². The lowest BCUT2D eigenvalue weighted by Crippen LogP contribution is -2.17. The third kappa shape index (κ3) is 4.28. The minimum Gasteiger partial charge on any atom is -0.372 e. The van der Waals surface area contributed by atoms with Crippen molar-refractivity contribution in [2.45, 2.75) is 19.8 Å². The molecule has 4 rings (SSSR count). The van der Waals surface area contributed by atoms with Crippen LogP contribution in [0.2, 0.25) is 0 Å². The Bertz CT molecular complexity index is 947. The Morgan fingerprint density at radius 1 is 0.857 bits per heavy atom. The minimum absolute atomic E-state index is 0.0517. The summed E-state index contributed by atoms with van der Waals surface area (Å²) in [4.78, 5) is 22.3. The van der Waals surface area contributed by atoms with E-state index in [0.29, 0.717) is 17.2 Å². The molecule has 2 aromatic carbocycles. The molecule has 0 aliphatic carbocycles. The summed E-state index contributed by atoms with van der Waals surface area (Å²) in [6.07, 6.45) is 4.07. The van der Waals surface area contributed by atoms with Crippen LogP contribution in [0, 0.1) is 0 Å². The molecule has 1 aliphatic heterocycles. The van der Waals surface area contributed by atoms with Crippen LogP contribution >= 0.6 is 0 Å². The van der Waals surface area contributed by atoms with E-state index < -0.39 is 0 Å². The molecule has 3 aromatic rings. The molecule has 0 atom stereocenters. The number of carbonyl (C=O) groups excluding carboxylic acids is 1. The highest BCUT2D eigenvalue weighted by Crippen LogP contribution is 2.24. The van der Waals surface area contributed by atoms with Gasteiger partial charge in [0, 0.05) is 41.8 Å². The third-order valence-corrected chi connectivity index (χ3v) is 4.84. The Hall–Kier alpha value is -3.41. The van der Waals surface area contributed by atoms with Gasteiger partial charge in [-0.15, -0.1) is 0 Å². The van der Waals surface area contributed by atoms with Crippen LogP contribution in [0.25, 0.3) is 0 Å². The van der Waals surface area contributed by atoms with Gasteiger partial charge in [-0.05, 0) is 68.3 Å². The number of benzene rings is 2. The van der Waals surface area contributed by atoms with Crippen LogP contribution in [0.1, 0.15) is 30.1 Å². The normalized spacial score (nSPS) is 13.4. The number of carbonyl (C=O) groups is 1. The van der Waals surface area contributed by atoms with Gasteiger partial charge in [-0.1, -0.05) is 0 Å². The lowest BCUT2D eigenvalue weighted by Gasteiger charge is -2.18. The molecule has 0 saturated carbocycles. The van der Waals surface area contributed by atoms with Crippen LogP contribution < -0.4 is 15.5 Å². The summed E-state index contributed by atoms with van der Waals surface area (Å²) in [5.41, 5.74) is 3.80. The fourth-order valence-corrected chi connectivity index (χ4v) is 3.31. The van der Waals surface area contributed by atoms with Gasteiger partial charge in [0.05, 0.1) is 0 Å². The van der Waals surface area contributed by atoms with E-state index >= 15 is 0 Å². The SMILES string of the molecule is CC(=O)c1ccc(Nc2cc(Nc3ccc(N4CCCC4)cc3)ncn2)cc1. The predicted octanol–water partition coefficient (Wildman–Crippen LogP) is 4.77. The zero-order valence-corrected chi connectivity index (χ0v) is 15.9. The van der Waals surface area contributed by atoms with Crippen LogP contribution in [-0.2, 0) is 0 Å². The molecule has 2 heterocycles. The number of rotatable bonds is 6. The van der Waals surface area contributed by atoms with Crippen molar-refractivity contribution in [2.24, 2.45) is 0 Å². The van der Waals surface area contributed by atoms with E-state index in [9.17, 15) is 4.79 Å². The maximum atomic E-state index is 11.4. The molecule has 0 radical (unpaired) electrons. The van der Waals surface area contributed by atoms with E-state index in [1.165, 1.54) is 24.9 Å². The summed E-state index contributed by atoms with van der Waals surface area (Å²) < 4.78 is 0. The average Bonchev–Trinajstić information content (AvgIpc) is 3.24. The average molecular weight is 373 g/mol. The molecule has 0 amide bonds. The number of anilines is 5. The highest BCUT2D eigenvalue weighted by Gasteiger charge is 2.11. The number of hydrogen-bond donors (Lipinski definition) is 2. The largest absolute Gasteiger partial charge is 0.372 e. The second kappa shape index (κ2) is 8.08. The quantitative estimate of drug-likeness (QED) is 0.607. The maximum absolute atomic E-state index is 11.4. The van der Waals surface area contributed by atoms with Gasteiger partial charge in [-0.25, -0.2) is 9.97 Å². The van der Waals surface area contributed by atoms with Gasteiger partial charge < -0.3 is 15.5 Å². The first-order valence-corrected chi connectivity index (χ1v) is 9.49. The summed E-state index contributed by atoms with van der Waals surface area (Å²) in [7, 11) is 0. The summed E-state index contributed by atoms with van der Waals surface area (Å²) in [5.74, 6) is 1.45. The smallest absolute Gasteiger partial charge is 0.159 e. The third-order valence-electron chi connectivity index (χ3n) is 4.84. The number of aromatic nitrogens is 2. The monoisotopic (exact) mass is 373 g/mol. The highest BCUT2D eigenvalue weighted by atomic mass is 16.1. The van der Waals surface area contributed by atoms with E-state index in [0.717, 1.165) is 24.5 Å². The van der Waals surface area contributed by atoms with Crippen molar-refractivity contribution in [3.63, 3.8) is 0 Å². The lowest BCUT2D eigenvalue weighted by atomic mass is 10.1. The molecule has 2 N–H and O–H groups in total. The fourth-order valence-electron chi connectivity index (χ4n) is 3.31. The molecule has 28 heavy (non-hydrogen) atoms. The van der Waals surface area contributed by atoms with Gasteiger partial charge >= 0.3 is 0 Å². The Balaban J connectivity index is 1.42. The van der Waals surface area contributed by atoms with E-state index in [1.54, 1.807) is 19.1 Å². The Labute approximate surface area is 164 Å². The molecule has 6 heteroatoms. The first-order valence-electron chi connectivity index (χ1n) is 9.49. The molecule has 0 bridgehead atoms. The van der Waals surface area contributed by atoms with Crippen molar-refractivity contribution < 1.29 is 4.79 Å². The molecular formula is C22H23N5O. The van der Waals surface area contributed by atoms with Gasteiger partial charge in [0.2, 0.25) is 0 Å². The lowest BCUT2D eigenvalue weighted by molar-refractivity contribution is 0.101. The van der Waals surface area contributed by atoms with Crippen molar-refractivity contribution in [3.05, 3.63) is 66.5 Å². The van der Waals surface area contributed by atoms with Crippen LogP contribution in [-0.4, -0.2) is 28.8 Å². The van der Waals surface area contributed by atoms with Crippen molar-refractivity contribution in [1.29, 1.82) is 0 Å². The van der Waals surface area contributed by atoms with Gasteiger partial charge in [-0.3, -0.25) is 4.79 Å². The fraction of sp³-hybridized carbons (Fsp3) is 0.227. The van der Waals surface area contributed by atoms with E-state index in [-0.39, 0.29) is 5.78 Å². The van der Waals surface area contributed by atoms with E-state index in [2.05, 4.69) is 49.8 Å². The van der Waals surface area contributed by atoms with Crippen molar-refractivity contribution >= 4 is 34.5 Å². The van der Waals surface area contributed by atoms with Crippen LogP contribution in [0.5, 0.6) is 0 Å². The molecule has 1 aromatic heterocycles. The van der Waals surface area contributed by atoms with Crippen molar-refractivity contribution in [3.8, 4) is 0 Å². The summed E-state index contributed by atoms with van der Waals surface area (Å²) in [5, 5.41) is 6.55. The molecule has 0 spiro atoms. The first-order chi connectivity index (χ1) is 13.7. The second-order valence-corrected chi connectivity index (χ2v) is 6.91. The topological polar surface area (TPSA) is 70.2 Å². The van der Waals surface area contributed by atoms with Crippen LogP contribution in [0.15, 0.2) is 60.9 Å². The Morgan fingerprint density at radius 2 is 1.39 bits per heavy atom. The molecule has 0 unspecified atom stereocenters. The molecule has 1 saturated heterocycles. The standard InChI is InChI=1S/C22H23N5O/c1-16(28)17-4-6-18(7-5-17)25-21-14-22(24-15-23-21)26-19-8-10-20(11-9-19)27-12-2-3-13-27/h4-11,14-15H,2-3,12-13H2,1H3,(H2,23,24,25,26). The first kappa shape index (κ1) is 18.0. The van der Waals surface area contributed by atoms with Crippen molar-refractivity contribution in [2.75, 3.05) is 28.6 Å². The number of Topliss-reactive ketones (excluding diaryl/α,β-unsaturated/α-hetero) is 1. The number of ketones is 1. The van der Waals surface area contributed by atoms with Gasteiger partial charge in [0.1, 0.15) is 18.0 Å². The van der Waals surface area contributed by atoms with E-state index in [4.69, 9.17) is 0 Å². The molecule has 1 aliphatic rings. The second-order valence-electron chi connectivity index (χ2n) is 6.91. The van der Waals surface area contributed by atoms with E-state index in [1.807, 2.05) is 18.2 Å². The summed E-state index contributed by atoms with van der Waals surface area (Å²) in [6.45, 7) is 3.84. The zero-order valence-electron chi connectivity index (χ0n) is 15.9. The molecule has 142 valence electrons. The van der Waals surface area contributed by atoms with Crippen molar-refractivity contribution in [1.82, 2.24) is 9.97 Å². The Morgan fingerprint density at radius 3 is 1.93 bits per heavy atom. The van der Waals surface area contributed by atoms with Gasteiger partial charge in [0.15, 0.2) is 5.78 Å². The van der Waals surface area contributed by atoms with Gasteiger partial charge in [0.25, 0.3) is 0 Å². The number of nitrogens with zero attached hydrogens (tertiary/aromatic N) is 3. The number of nitrogens with one attached hydrogen (secondary N) is 2. The minimum atomic E-state index is 0.0517. The zero-order chi connectivity index (χ0) is 19.3. The van der Waals surface area contributed by atoms with Crippen LogP contribution in [0.4, 0.5) is 28.7 Å². The number of hydrogen-bond acceptors (Lipinski definition) is 6. The van der Waals surface area contributed by atoms with Crippen LogP contribution in [0.3, 0.4) is 0 Å². The summed E-state index contributed by atoms with van der Waals surface area (Å²) >= 11 is 0.